The average Bonchev–Trinajstić information content (AvgIpc) is 2.16. The highest BCUT2D eigenvalue weighted by molar-refractivity contribution is 5.97. The van der Waals surface area contributed by atoms with E-state index in [9.17, 15) is 9.90 Å². The lowest BCUT2D eigenvalue weighted by molar-refractivity contribution is 0.100. The molecule has 0 aliphatic rings. The zero-order chi connectivity index (χ0) is 10.1. The zero-order valence-electron chi connectivity index (χ0n) is 7.40. The Morgan fingerprint density at radius 2 is 1.71 bits per heavy atom. The minimum absolute atomic E-state index is 0.212. The second-order valence-electron chi connectivity index (χ2n) is 3.11. The fraction of sp³-hybridized carbons (Fsp3) is 0. The number of rotatable bonds is 1. The highest BCUT2D eigenvalue weighted by Gasteiger charge is 2.01. The molecule has 70 valence electrons. The van der Waals surface area contributed by atoms with E-state index in [1.807, 2.05) is 0 Å². The van der Waals surface area contributed by atoms with Crippen molar-refractivity contribution >= 4 is 16.7 Å². The molecule has 0 saturated carbocycles. The maximum Gasteiger partial charge on any atom is 0.248 e. The van der Waals surface area contributed by atoms with E-state index in [-0.39, 0.29) is 5.75 Å². The summed E-state index contributed by atoms with van der Waals surface area (Å²) < 4.78 is 0. The van der Waals surface area contributed by atoms with E-state index in [1.54, 1.807) is 36.4 Å². The van der Waals surface area contributed by atoms with Gasteiger partial charge >= 0.3 is 0 Å². The molecule has 2 aromatic rings. The van der Waals surface area contributed by atoms with Crippen molar-refractivity contribution in [2.24, 2.45) is 5.73 Å². The summed E-state index contributed by atoms with van der Waals surface area (Å²) in [7, 11) is 0. The number of phenolic OH excluding ortho intramolecular Hbond substituents is 1. The molecule has 14 heavy (non-hydrogen) atoms. The Balaban J connectivity index is 2.67. The van der Waals surface area contributed by atoms with Crippen LogP contribution in [0.4, 0.5) is 0 Å². The van der Waals surface area contributed by atoms with Crippen molar-refractivity contribution in [3.63, 3.8) is 0 Å². The molecule has 3 N–H and O–H groups in total. The van der Waals surface area contributed by atoms with Gasteiger partial charge < -0.3 is 10.8 Å². The number of primary amides is 1. The van der Waals surface area contributed by atoms with Gasteiger partial charge in [-0.15, -0.1) is 0 Å². The van der Waals surface area contributed by atoms with Crippen molar-refractivity contribution < 1.29 is 9.90 Å². The van der Waals surface area contributed by atoms with Crippen LogP contribution in [0.5, 0.6) is 5.75 Å². The number of phenols is 1. The minimum atomic E-state index is -0.444. The zero-order valence-corrected chi connectivity index (χ0v) is 7.40. The standard InChI is InChI=1S/C11H9NO2/c12-11(14)9-2-1-8-6-10(13)4-3-7(8)5-9/h1-6,13H,(H2,12,14). The van der Waals surface area contributed by atoms with Gasteiger partial charge in [-0.1, -0.05) is 12.1 Å². The molecule has 0 unspecified atom stereocenters. The SMILES string of the molecule is NC(=O)c1ccc2cc(O)ccc2c1. The van der Waals surface area contributed by atoms with Crippen LogP contribution >= 0.6 is 0 Å². The van der Waals surface area contributed by atoms with Crippen molar-refractivity contribution in [2.75, 3.05) is 0 Å². The molecule has 0 aliphatic heterocycles. The Hall–Kier alpha value is -2.03. The number of aromatic hydroxyl groups is 1. The third-order valence-corrected chi connectivity index (χ3v) is 2.11. The quantitative estimate of drug-likeness (QED) is 0.712. The van der Waals surface area contributed by atoms with Crippen LogP contribution in [0.3, 0.4) is 0 Å². The van der Waals surface area contributed by atoms with Crippen molar-refractivity contribution in [3.8, 4) is 5.75 Å². The predicted octanol–water partition coefficient (Wildman–Crippen LogP) is 1.64. The second kappa shape index (κ2) is 3.03. The fourth-order valence-corrected chi connectivity index (χ4v) is 1.39. The summed E-state index contributed by atoms with van der Waals surface area (Å²) in [6.07, 6.45) is 0. The van der Waals surface area contributed by atoms with E-state index in [2.05, 4.69) is 0 Å². The van der Waals surface area contributed by atoms with Gasteiger partial charge in [-0.2, -0.15) is 0 Å². The Morgan fingerprint density at radius 1 is 1.07 bits per heavy atom. The van der Waals surface area contributed by atoms with Gasteiger partial charge in [-0.05, 0) is 35.0 Å². The van der Waals surface area contributed by atoms with E-state index in [1.165, 1.54) is 0 Å². The van der Waals surface area contributed by atoms with Crippen molar-refractivity contribution in [2.45, 2.75) is 0 Å². The van der Waals surface area contributed by atoms with E-state index in [4.69, 9.17) is 5.73 Å². The lowest BCUT2D eigenvalue weighted by atomic mass is 10.1. The molecular weight excluding hydrogens is 178 g/mol. The maximum atomic E-state index is 10.9. The van der Waals surface area contributed by atoms with Crippen LogP contribution in [0.1, 0.15) is 10.4 Å². The third-order valence-electron chi connectivity index (χ3n) is 2.11. The van der Waals surface area contributed by atoms with Crippen LogP contribution < -0.4 is 5.73 Å². The molecule has 0 saturated heterocycles. The Bertz CT molecular complexity index is 506. The lowest BCUT2D eigenvalue weighted by Gasteiger charge is -2.00. The smallest absolute Gasteiger partial charge is 0.248 e. The number of benzene rings is 2. The van der Waals surface area contributed by atoms with Gasteiger partial charge in [-0.3, -0.25) is 4.79 Å². The number of carbonyl (C=O) groups excluding carboxylic acids is 1. The fourth-order valence-electron chi connectivity index (χ4n) is 1.39. The predicted molar refractivity (Wildman–Crippen MR) is 54.1 cm³/mol. The summed E-state index contributed by atoms with van der Waals surface area (Å²) in [6, 6.07) is 10.1. The average molecular weight is 187 g/mol. The molecule has 3 nitrogen and oxygen atoms in total. The number of hydrogen-bond acceptors (Lipinski definition) is 2. The molecule has 3 heteroatoms. The first kappa shape index (κ1) is 8.56. The monoisotopic (exact) mass is 187 g/mol. The Kier molecular flexibility index (Phi) is 1.85. The van der Waals surface area contributed by atoms with Gasteiger partial charge in [0.25, 0.3) is 0 Å². The molecule has 0 fully saturated rings. The largest absolute Gasteiger partial charge is 0.508 e. The first-order chi connectivity index (χ1) is 6.66. The van der Waals surface area contributed by atoms with Crippen molar-refractivity contribution in [1.82, 2.24) is 0 Å². The molecule has 0 heterocycles. The first-order valence-corrected chi connectivity index (χ1v) is 4.19. The molecule has 1 amide bonds. The van der Waals surface area contributed by atoms with Crippen LogP contribution in [0, 0.1) is 0 Å². The Morgan fingerprint density at radius 3 is 2.43 bits per heavy atom. The molecule has 0 atom stereocenters. The molecule has 2 rings (SSSR count). The van der Waals surface area contributed by atoms with Crippen LogP contribution in [-0.4, -0.2) is 11.0 Å². The molecular formula is C11H9NO2. The number of carbonyl (C=O) groups is 1. The first-order valence-electron chi connectivity index (χ1n) is 4.19. The van der Waals surface area contributed by atoms with E-state index >= 15 is 0 Å². The molecule has 0 bridgehead atoms. The van der Waals surface area contributed by atoms with Crippen LogP contribution in [0.25, 0.3) is 10.8 Å². The summed E-state index contributed by atoms with van der Waals surface area (Å²) in [5.74, 6) is -0.232. The summed E-state index contributed by atoms with van der Waals surface area (Å²) in [5, 5.41) is 11.0. The summed E-state index contributed by atoms with van der Waals surface area (Å²) >= 11 is 0. The maximum absolute atomic E-state index is 10.9. The molecule has 0 radical (unpaired) electrons. The Labute approximate surface area is 80.8 Å². The summed E-state index contributed by atoms with van der Waals surface area (Å²) in [6.45, 7) is 0. The van der Waals surface area contributed by atoms with Crippen LogP contribution in [0.15, 0.2) is 36.4 Å². The van der Waals surface area contributed by atoms with E-state index in [0.717, 1.165) is 10.8 Å². The normalized spacial score (nSPS) is 10.3. The number of nitrogens with two attached hydrogens (primary N) is 1. The van der Waals surface area contributed by atoms with Crippen LogP contribution in [-0.2, 0) is 0 Å². The highest BCUT2D eigenvalue weighted by atomic mass is 16.3. The highest BCUT2D eigenvalue weighted by Crippen LogP contribution is 2.20. The van der Waals surface area contributed by atoms with Crippen molar-refractivity contribution in [3.05, 3.63) is 42.0 Å². The van der Waals surface area contributed by atoms with Crippen molar-refractivity contribution in [1.29, 1.82) is 0 Å². The second-order valence-corrected chi connectivity index (χ2v) is 3.11. The summed E-state index contributed by atoms with van der Waals surface area (Å²) in [5.41, 5.74) is 5.62. The van der Waals surface area contributed by atoms with E-state index in [0.29, 0.717) is 5.56 Å². The van der Waals surface area contributed by atoms with Gasteiger partial charge in [0.15, 0.2) is 0 Å². The van der Waals surface area contributed by atoms with Gasteiger partial charge in [0.05, 0.1) is 0 Å². The van der Waals surface area contributed by atoms with Gasteiger partial charge in [-0.25, -0.2) is 0 Å². The third kappa shape index (κ3) is 1.40. The molecule has 2 aromatic carbocycles. The van der Waals surface area contributed by atoms with Gasteiger partial charge in [0.2, 0.25) is 5.91 Å². The van der Waals surface area contributed by atoms with E-state index < -0.39 is 5.91 Å². The molecule has 0 aliphatic carbocycles. The minimum Gasteiger partial charge on any atom is -0.508 e. The molecule has 0 spiro atoms. The molecule has 0 aromatic heterocycles. The lowest BCUT2D eigenvalue weighted by Crippen LogP contribution is -2.10. The van der Waals surface area contributed by atoms with Gasteiger partial charge in [0, 0.05) is 5.56 Å². The number of amides is 1. The number of fused-ring (bicyclic) bond motifs is 1. The number of hydrogen-bond donors (Lipinski definition) is 2. The topological polar surface area (TPSA) is 63.3 Å². The van der Waals surface area contributed by atoms with Crippen LogP contribution in [0.2, 0.25) is 0 Å². The van der Waals surface area contributed by atoms with Gasteiger partial charge in [0.1, 0.15) is 5.75 Å². The summed E-state index contributed by atoms with van der Waals surface area (Å²) in [4.78, 5) is 10.9.